The maximum atomic E-state index is 14.2. The van der Waals surface area contributed by atoms with E-state index in [1.54, 1.807) is 32.9 Å². The molecule has 0 bridgehead atoms. The van der Waals surface area contributed by atoms with Crippen molar-refractivity contribution in [1.82, 2.24) is 15.5 Å². The summed E-state index contributed by atoms with van der Waals surface area (Å²) in [4.78, 5) is 54.9. The molecule has 248 valence electrons. The van der Waals surface area contributed by atoms with Crippen LogP contribution in [0, 0.1) is 23.2 Å². The van der Waals surface area contributed by atoms with Crippen LogP contribution >= 0.6 is 15.9 Å². The predicted octanol–water partition coefficient (Wildman–Crippen LogP) is 3.52. The summed E-state index contributed by atoms with van der Waals surface area (Å²) in [5.41, 5.74) is -2.01. The molecule has 45 heavy (non-hydrogen) atoms. The fourth-order valence-corrected chi connectivity index (χ4v) is 8.17. The van der Waals surface area contributed by atoms with Gasteiger partial charge >= 0.3 is 12.1 Å². The van der Waals surface area contributed by atoms with E-state index in [1.807, 2.05) is 6.92 Å². The normalized spacial score (nSPS) is 31.0. The lowest BCUT2D eigenvalue weighted by Gasteiger charge is -2.35. The van der Waals surface area contributed by atoms with Crippen LogP contribution in [0.15, 0.2) is 33.6 Å². The predicted molar refractivity (Wildman–Crippen MR) is 165 cm³/mol. The number of ether oxygens (including phenoxy) is 2. The number of benzene rings is 1. The van der Waals surface area contributed by atoms with E-state index in [1.165, 1.54) is 30.6 Å². The number of esters is 1. The van der Waals surface area contributed by atoms with E-state index in [9.17, 15) is 27.6 Å². The first-order chi connectivity index (χ1) is 21.1. The van der Waals surface area contributed by atoms with Gasteiger partial charge in [0, 0.05) is 17.4 Å². The molecular formula is C31H42BrN3O9S. The lowest BCUT2D eigenvalue weighted by molar-refractivity contribution is -0.148. The van der Waals surface area contributed by atoms with Crippen molar-refractivity contribution >= 4 is 49.9 Å². The number of hydrogen-bond donors (Lipinski definition) is 2. The van der Waals surface area contributed by atoms with E-state index >= 15 is 0 Å². The van der Waals surface area contributed by atoms with Crippen LogP contribution in [0.25, 0.3) is 0 Å². The third kappa shape index (κ3) is 7.17. The molecule has 14 heteroatoms. The summed E-state index contributed by atoms with van der Waals surface area (Å²) in [7, 11) is -3.00. The number of likely N-dealkylation sites (tertiary alicyclic amines) is 1. The van der Waals surface area contributed by atoms with Crippen molar-refractivity contribution < 1.29 is 41.3 Å². The molecule has 1 heterocycles. The van der Waals surface area contributed by atoms with Crippen molar-refractivity contribution in [1.29, 1.82) is 0 Å². The molecule has 8 atom stereocenters. The Bertz CT molecular complexity index is 1440. The van der Waals surface area contributed by atoms with Crippen molar-refractivity contribution in [3.05, 3.63) is 28.7 Å². The van der Waals surface area contributed by atoms with Gasteiger partial charge in [-0.05, 0) is 73.1 Å². The molecule has 2 N–H and O–H groups in total. The number of amides is 3. The monoisotopic (exact) mass is 711 g/mol. The fourth-order valence-electron chi connectivity index (χ4n) is 6.83. The summed E-state index contributed by atoms with van der Waals surface area (Å²) in [6.45, 7) is 7.00. The van der Waals surface area contributed by atoms with Crippen molar-refractivity contribution in [2.24, 2.45) is 23.2 Å². The van der Waals surface area contributed by atoms with Crippen LogP contribution in [0.5, 0.6) is 0 Å². The molecule has 1 aromatic carbocycles. The summed E-state index contributed by atoms with van der Waals surface area (Å²) in [5, 5.41) is 5.54. The Kier molecular flexibility index (Phi) is 9.33. The van der Waals surface area contributed by atoms with Crippen molar-refractivity contribution in [2.45, 2.75) is 101 Å². The first kappa shape index (κ1) is 33.6. The SMILES string of the molecule is CC[C@@H]1C[C@@]1(NC(=O)[C@@H]1C[C@H](OS(=O)(=O)c2ccc(Br)cc2)CN1C(=O)[C@@H](NC(=O)O[C@@H]1C[C@@H]2C[C@@H]2C1)C(C)(C)C)C(=O)OC. The van der Waals surface area contributed by atoms with Gasteiger partial charge in [-0.3, -0.25) is 13.8 Å². The van der Waals surface area contributed by atoms with Gasteiger partial charge in [-0.1, -0.05) is 50.0 Å². The summed E-state index contributed by atoms with van der Waals surface area (Å²) in [5.74, 6) is -0.725. The highest BCUT2D eigenvalue weighted by Crippen LogP contribution is 2.52. The summed E-state index contributed by atoms with van der Waals surface area (Å²) in [6, 6.07) is 3.63. The van der Waals surface area contributed by atoms with E-state index in [2.05, 4.69) is 26.6 Å². The number of nitrogens with zero attached hydrogens (tertiary/aromatic N) is 1. The molecule has 3 aliphatic carbocycles. The van der Waals surface area contributed by atoms with Crippen LogP contribution in [0.3, 0.4) is 0 Å². The van der Waals surface area contributed by atoms with Gasteiger partial charge in [0.2, 0.25) is 11.8 Å². The number of methoxy groups -OCH3 is 1. The van der Waals surface area contributed by atoms with Crippen molar-refractivity contribution in [3.63, 3.8) is 0 Å². The first-order valence-corrected chi connectivity index (χ1v) is 17.6. The number of halogens is 1. The number of nitrogens with one attached hydrogen (secondary N) is 2. The molecule has 1 aliphatic heterocycles. The zero-order chi connectivity index (χ0) is 32.9. The second kappa shape index (κ2) is 12.5. The molecule has 12 nitrogen and oxygen atoms in total. The van der Waals surface area contributed by atoms with Crippen LogP contribution in [-0.2, 0) is 38.2 Å². The van der Waals surface area contributed by atoms with Gasteiger partial charge in [-0.25, -0.2) is 9.59 Å². The molecule has 1 aromatic rings. The van der Waals surface area contributed by atoms with Gasteiger partial charge in [0.15, 0.2) is 0 Å². The number of carbonyl (C=O) groups excluding carboxylic acids is 4. The van der Waals surface area contributed by atoms with Gasteiger partial charge in [0.05, 0.1) is 18.1 Å². The summed E-state index contributed by atoms with van der Waals surface area (Å²) < 4.78 is 43.2. The third-order valence-corrected chi connectivity index (χ3v) is 11.5. The number of rotatable bonds is 10. The number of carbonyl (C=O) groups is 4. The molecule has 0 spiro atoms. The first-order valence-electron chi connectivity index (χ1n) is 15.4. The molecule has 0 aromatic heterocycles. The highest BCUT2D eigenvalue weighted by molar-refractivity contribution is 9.10. The van der Waals surface area contributed by atoms with Gasteiger partial charge in [-0.2, -0.15) is 8.42 Å². The minimum atomic E-state index is -4.25. The molecule has 4 aliphatic rings. The Hall–Kier alpha value is -2.71. The van der Waals surface area contributed by atoms with Crippen LogP contribution in [0.1, 0.15) is 66.2 Å². The topological polar surface area (TPSA) is 157 Å². The summed E-state index contributed by atoms with van der Waals surface area (Å²) >= 11 is 3.28. The minimum absolute atomic E-state index is 0.0774. The molecule has 3 saturated carbocycles. The highest BCUT2D eigenvalue weighted by Gasteiger charge is 2.62. The van der Waals surface area contributed by atoms with E-state index in [0.29, 0.717) is 29.2 Å². The molecular weight excluding hydrogens is 670 g/mol. The maximum absolute atomic E-state index is 14.2. The molecule has 1 saturated heterocycles. The molecule has 5 rings (SSSR count). The standard InChI is InChI=1S/C31H42BrN3O9S/c1-6-19-15-31(19,28(38)42-5)34-26(36)24-14-22(44-45(40,41)23-9-7-20(32)8-10-23)16-35(24)27(37)25(30(2,3)4)33-29(39)43-21-12-17-11-18(17)13-21/h7-10,17-19,21-22,24-25H,6,11-16H2,1-5H3,(H,33,39)(H,34,36)/t17-,18+,19-,21+,22+,24+,25-,31+/m1/s1. The molecule has 4 fully saturated rings. The van der Waals surface area contributed by atoms with Gasteiger partial charge in [0.1, 0.15) is 23.7 Å². The van der Waals surface area contributed by atoms with Gasteiger partial charge in [-0.15, -0.1) is 0 Å². The van der Waals surface area contributed by atoms with Crippen molar-refractivity contribution in [2.75, 3.05) is 13.7 Å². The van der Waals surface area contributed by atoms with E-state index in [0.717, 1.165) is 12.8 Å². The van der Waals surface area contributed by atoms with E-state index < -0.39 is 63.1 Å². The highest BCUT2D eigenvalue weighted by atomic mass is 79.9. The van der Waals surface area contributed by atoms with Crippen LogP contribution in [0.2, 0.25) is 0 Å². The number of fused-ring (bicyclic) bond motifs is 1. The largest absolute Gasteiger partial charge is 0.467 e. The number of hydrogen-bond acceptors (Lipinski definition) is 9. The average molecular weight is 713 g/mol. The molecule has 0 radical (unpaired) electrons. The van der Waals surface area contributed by atoms with Gasteiger partial charge < -0.3 is 25.0 Å². The molecule has 0 unspecified atom stereocenters. The second-order valence-corrected chi connectivity index (χ2v) is 16.3. The fraction of sp³-hybridized carbons (Fsp3) is 0.677. The van der Waals surface area contributed by atoms with Crippen LogP contribution < -0.4 is 10.6 Å². The second-order valence-electron chi connectivity index (χ2n) is 13.8. The van der Waals surface area contributed by atoms with Crippen LogP contribution in [0.4, 0.5) is 4.79 Å². The van der Waals surface area contributed by atoms with E-state index in [4.69, 9.17) is 13.7 Å². The van der Waals surface area contributed by atoms with E-state index in [-0.39, 0.29) is 29.9 Å². The minimum Gasteiger partial charge on any atom is -0.467 e. The Morgan fingerprint density at radius 3 is 2.24 bits per heavy atom. The number of alkyl carbamates (subject to hydrolysis) is 1. The Balaban J connectivity index is 1.37. The third-order valence-electron chi connectivity index (χ3n) is 9.56. The Morgan fingerprint density at radius 1 is 1.04 bits per heavy atom. The Morgan fingerprint density at radius 2 is 1.69 bits per heavy atom. The van der Waals surface area contributed by atoms with Gasteiger partial charge in [0.25, 0.3) is 10.1 Å². The van der Waals surface area contributed by atoms with Crippen LogP contribution in [-0.4, -0.2) is 80.7 Å². The van der Waals surface area contributed by atoms with Crippen molar-refractivity contribution in [3.8, 4) is 0 Å². The smallest absolute Gasteiger partial charge is 0.408 e. The zero-order valence-electron chi connectivity index (χ0n) is 26.2. The lowest BCUT2D eigenvalue weighted by Crippen LogP contribution is -2.59. The maximum Gasteiger partial charge on any atom is 0.408 e. The lowest BCUT2D eigenvalue weighted by atomic mass is 9.85. The Labute approximate surface area is 272 Å². The zero-order valence-corrected chi connectivity index (χ0v) is 28.6. The molecule has 3 amide bonds. The summed E-state index contributed by atoms with van der Waals surface area (Å²) in [6.07, 6.45) is 1.69. The average Bonchev–Trinajstić information content (AvgIpc) is 3.78. The quantitative estimate of drug-likeness (QED) is 0.274.